The van der Waals surface area contributed by atoms with Crippen molar-refractivity contribution in [2.75, 3.05) is 11.9 Å². The van der Waals surface area contributed by atoms with Crippen molar-refractivity contribution in [3.05, 3.63) is 64.2 Å². The van der Waals surface area contributed by atoms with Crippen LogP contribution in [0.4, 0.5) is 5.69 Å². The summed E-state index contributed by atoms with van der Waals surface area (Å²) >= 11 is 0. The van der Waals surface area contributed by atoms with Gasteiger partial charge < -0.3 is 10.1 Å². The third-order valence-electron chi connectivity index (χ3n) is 5.31. The molecule has 0 heterocycles. The number of para-hydroxylation sites is 1. The van der Waals surface area contributed by atoms with Gasteiger partial charge in [-0.25, -0.2) is 4.79 Å². The molecule has 0 aromatic heterocycles. The molecule has 148 valence electrons. The second-order valence-electron chi connectivity index (χ2n) is 8.08. The normalized spacial score (nSPS) is 12.9. The van der Waals surface area contributed by atoms with Crippen molar-refractivity contribution in [1.29, 1.82) is 0 Å². The standard InChI is InChI=1S/C24H29NO3/c1-15(2)20-9-6-10-21(16(3)4)23(20)25-22(26)14-28-24(27)19-12-11-17-7-5-8-18(17)13-19/h6,9-13,15-16H,5,7-8,14H2,1-4H3,(H,25,26). The van der Waals surface area contributed by atoms with E-state index in [0.717, 1.165) is 36.1 Å². The predicted molar refractivity (Wildman–Crippen MR) is 112 cm³/mol. The van der Waals surface area contributed by atoms with Gasteiger partial charge in [0.25, 0.3) is 5.91 Å². The van der Waals surface area contributed by atoms with Crippen LogP contribution in [-0.4, -0.2) is 18.5 Å². The Morgan fingerprint density at radius 2 is 1.61 bits per heavy atom. The number of amides is 1. The quantitative estimate of drug-likeness (QED) is 0.700. The van der Waals surface area contributed by atoms with E-state index >= 15 is 0 Å². The second-order valence-corrected chi connectivity index (χ2v) is 8.08. The van der Waals surface area contributed by atoms with Crippen molar-refractivity contribution in [2.24, 2.45) is 0 Å². The Balaban J connectivity index is 1.67. The molecule has 0 unspecified atom stereocenters. The highest BCUT2D eigenvalue weighted by atomic mass is 16.5. The van der Waals surface area contributed by atoms with Crippen LogP contribution in [-0.2, 0) is 22.4 Å². The molecule has 1 amide bonds. The van der Waals surface area contributed by atoms with Crippen LogP contribution in [0.3, 0.4) is 0 Å². The van der Waals surface area contributed by atoms with Crippen LogP contribution in [0, 0.1) is 0 Å². The number of aryl methyl sites for hydroxylation is 2. The van der Waals surface area contributed by atoms with Crippen molar-refractivity contribution in [1.82, 2.24) is 0 Å². The zero-order valence-corrected chi connectivity index (χ0v) is 17.2. The van der Waals surface area contributed by atoms with Crippen LogP contribution >= 0.6 is 0 Å². The molecule has 3 rings (SSSR count). The summed E-state index contributed by atoms with van der Waals surface area (Å²) in [5.74, 6) is -0.207. The van der Waals surface area contributed by atoms with E-state index in [1.54, 1.807) is 6.07 Å². The first-order valence-electron chi connectivity index (χ1n) is 10.1. The first-order chi connectivity index (χ1) is 13.4. The Hall–Kier alpha value is -2.62. The van der Waals surface area contributed by atoms with Gasteiger partial charge in [0.1, 0.15) is 0 Å². The number of fused-ring (bicyclic) bond motifs is 1. The topological polar surface area (TPSA) is 55.4 Å². The molecule has 4 nitrogen and oxygen atoms in total. The fraction of sp³-hybridized carbons (Fsp3) is 0.417. The van der Waals surface area contributed by atoms with Gasteiger partial charge in [0.2, 0.25) is 0 Å². The molecule has 1 N–H and O–H groups in total. The fourth-order valence-electron chi connectivity index (χ4n) is 3.78. The highest BCUT2D eigenvalue weighted by Crippen LogP contribution is 2.32. The molecule has 2 aromatic carbocycles. The highest BCUT2D eigenvalue weighted by molar-refractivity contribution is 5.96. The molecule has 2 aromatic rings. The number of hydrogen-bond acceptors (Lipinski definition) is 3. The molecule has 0 saturated carbocycles. The number of rotatable bonds is 6. The number of ether oxygens (including phenoxy) is 1. The van der Waals surface area contributed by atoms with E-state index in [1.165, 1.54) is 11.1 Å². The summed E-state index contributed by atoms with van der Waals surface area (Å²) in [5, 5.41) is 2.97. The fourth-order valence-corrected chi connectivity index (χ4v) is 3.78. The van der Waals surface area contributed by atoms with Gasteiger partial charge in [0.05, 0.1) is 5.56 Å². The number of anilines is 1. The highest BCUT2D eigenvalue weighted by Gasteiger charge is 2.18. The van der Waals surface area contributed by atoms with E-state index in [0.29, 0.717) is 5.56 Å². The molecule has 0 spiro atoms. The van der Waals surface area contributed by atoms with Gasteiger partial charge in [0.15, 0.2) is 6.61 Å². The summed E-state index contributed by atoms with van der Waals surface area (Å²) in [7, 11) is 0. The Bertz CT molecular complexity index is 857. The largest absolute Gasteiger partial charge is 0.452 e. The van der Waals surface area contributed by atoms with Gasteiger partial charge in [0, 0.05) is 5.69 Å². The van der Waals surface area contributed by atoms with Crippen molar-refractivity contribution in [2.45, 2.75) is 58.8 Å². The third-order valence-corrected chi connectivity index (χ3v) is 5.31. The van der Waals surface area contributed by atoms with Gasteiger partial charge in [-0.1, -0.05) is 52.0 Å². The number of carbonyl (C=O) groups is 2. The molecule has 0 saturated heterocycles. The summed E-state index contributed by atoms with van der Waals surface area (Å²) in [4.78, 5) is 24.8. The molecule has 0 fully saturated rings. The van der Waals surface area contributed by atoms with Crippen molar-refractivity contribution < 1.29 is 14.3 Å². The maximum absolute atomic E-state index is 12.5. The van der Waals surface area contributed by atoms with Crippen LogP contribution in [0.15, 0.2) is 36.4 Å². The number of nitrogens with one attached hydrogen (secondary N) is 1. The second kappa shape index (κ2) is 8.59. The minimum Gasteiger partial charge on any atom is -0.452 e. The van der Waals surface area contributed by atoms with Gasteiger partial charge >= 0.3 is 5.97 Å². The Kier molecular flexibility index (Phi) is 6.18. The summed E-state index contributed by atoms with van der Waals surface area (Å²) in [6.45, 7) is 8.11. The molecule has 28 heavy (non-hydrogen) atoms. The average molecular weight is 380 g/mol. The molecule has 4 heteroatoms. The smallest absolute Gasteiger partial charge is 0.338 e. The van der Waals surface area contributed by atoms with Crippen LogP contribution in [0.5, 0.6) is 0 Å². The molecule has 0 radical (unpaired) electrons. The maximum Gasteiger partial charge on any atom is 0.338 e. The molecular formula is C24H29NO3. The lowest BCUT2D eigenvalue weighted by atomic mass is 9.92. The van der Waals surface area contributed by atoms with E-state index in [-0.39, 0.29) is 24.3 Å². The van der Waals surface area contributed by atoms with E-state index < -0.39 is 5.97 Å². The lowest BCUT2D eigenvalue weighted by molar-refractivity contribution is -0.119. The summed E-state index contributed by atoms with van der Waals surface area (Å²) in [6.07, 6.45) is 3.20. The van der Waals surface area contributed by atoms with Gasteiger partial charge in [-0.3, -0.25) is 4.79 Å². The molecule has 1 aliphatic rings. The zero-order valence-electron chi connectivity index (χ0n) is 17.2. The lowest BCUT2D eigenvalue weighted by Crippen LogP contribution is -2.22. The Morgan fingerprint density at radius 3 is 2.25 bits per heavy atom. The summed E-state index contributed by atoms with van der Waals surface area (Å²) in [6, 6.07) is 11.8. The zero-order chi connectivity index (χ0) is 20.3. The van der Waals surface area contributed by atoms with Crippen molar-refractivity contribution in [3.63, 3.8) is 0 Å². The minimum absolute atomic E-state index is 0.281. The predicted octanol–water partition coefficient (Wildman–Crippen LogP) is 5.22. The number of carbonyl (C=O) groups excluding carboxylic acids is 2. The van der Waals surface area contributed by atoms with E-state index in [4.69, 9.17) is 4.74 Å². The number of hydrogen-bond donors (Lipinski definition) is 1. The average Bonchev–Trinajstić information content (AvgIpc) is 3.13. The van der Waals surface area contributed by atoms with Crippen LogP contribution < -0.4 is 5.32 Å². The lowest BCUT2D eigenvalue weighted by Gasteiger charge is -2.20. The van der Waals surface area contributed by atoms with E-state index in [2.05, 4.69) is 33.0 Å². The molecule has 0 aliphatic heterocycles. The summed E-state index contributed by atoms with van der Waals surface area (Å²) < 4.78 is 5.27. The molecule has 0 atom stereocenters. The van der Waals surface area contributed by atoms with Crippen LogP contribution in [0.2, 0.25) is 0 Å². The minimum atomic E-state index is -0.453. The maximum atomic E-state index is 12.5. The van der Waals surface area contributed by atoms with Gasteiger partial charge in [-0.05, 0) is 65.5 Å². The Morgan fingerprint density at radius 1 is 0.964 bits per heavy atom. The van der Waals surface area contributed by atoms with Crippen molar-refractivity contribution >= 4 is 17.6 Å². The van der Waals surface area contributed by atoms with E-state index in [9.17, 15) is 9.59 Å². The Labute approximate surface area is 167 Å². The SMILES string of the molecule is CC(C)c1cccc(C(C)C)c1NC(=O)COC(=O)c1ccc2c(c1)CCC2. The molecular weight excluding hydrogens is 350 g/mol. The van der Waals surface area contributed by atoms with Crippen LogP contribution in [0.1, 0.15) is 78.6 Å². The number of benzene rings is 2. The molecule has 0 bridgehead atoms. The first-order valence-corrected chi connectivity index (χ1v) is 10.1. The number of esters is 1. The third kappa shape index (κ3) is 4.44. The van der Waals surface area contributed by atoms with Gasteiger partial charge in [-0.2, -0.15) is 0 Å². The van der Waals surface area contributed by atoms with Gasteiger partial charge in [-0.15, -0.1) is 0 Å². The summed E-state index contributed by atoms with van der Waals surface area (Å²) in [5.41, 5.74) is 6.05. The van der Waals surface area contributed by atoms with E-state index in [1.807, 2.05) is 30.3 Å². The molecule has 1 aliphatic carbocycles. The first kappa shape index (κ1) is 20.1. The van der Waals surface area contributed by atoms with Crippen LogP contribution in [0.25, 0.3) is 0 Å². The van der Waals surface area contributed by atoms with Crippen molar-refractivity contribution in [3.8, 4) is 0 Å². The monoisotopic (exact) mass is 379 g/mol.